The average molecular weight is 239 g/mol. The maximum atomic E-state index is 5.86. The van der Waals surface area contributed by atoms with Gasteiger partial charge in [0.05, 0.1) is 0 Å². The first-order chi connectivity index (χ1) is 7.36. The van der Waals surface area contributed by atoms with Crippen LogP contribution in [0.3, 0.4) is 0 Å². The molecule has 0 N–H and O–H groups in total. The van der Waals surface area contributed by atoms with Crippen molar-refractivity contribution in [2.75, 3.05) is 0 Å². The molecule has 3 aromatic rings. The van der Waals surface area contributed by atoms with E-state index in [1.54, 1.807) is 22.2 Å². The molecule has 0 atom stereocenters. The fourth-order valence-electron chi connectivity index (χ4n) is 1.23. The van der Waals surface area contributed by atoms with Crippen LogP contribution in [0.15, 0.2) is 17.8 Å². The van der Waals surface area contributed by atoms with Crippen LogP contribution in [-0.2, 0) is 0 Å². The minimum atomic E-state index is 0.319. The first-order valence-corrected chi connectivity index (χ1v) is 5.20. The van der Waals surface area contributed by atoms with Crippen LogP contribution >= 0.6 is 23.1 Å². The molecule has 0 unspecified atom stereocenters. The van der Waals surface area contributed by atoms with Gasteiger partial charge in [-0.15, -0.1) is 15.3 Å². The Morgan fingerprint density at radius 1 is 1.27 bits per heavy atom. The van der Waals surface area contributed by atoms with Crippen LogP contribution in [-0.4, -0.2) is 29.2 Å². The van der Waals surface area contributed by atoms with Gasteiger partial charge in [0.1, 0.15) is 5.69 Å². The van der Waals surface area contributed by atoms with Crippen molar-refractivity contribution in [2.24, 2.45) is 0 Å². The van der Waals surface area contributed by atoms with Gasteiger partial charge in [-0.3, -0.25) is 4.40 Å². The van der Waals surface area contributed by atoms with E-state index in [1.165, 1.54) is 11.5 Å². The van der Waals surface area contributed by atoms with Gasteiger partial charge in [0, 0.05) is 17.8 Å². The fraction of sp³-hybridized carbons (Fsp3) is 0. The second kappa shape index (κ2) is 3.21. The topological polar surface area (TPSA) is 68.9 Å². The molecule has 0 spiro atoms. The highest BCUT2D eigenvalue weighted by molar-refractivity contribution is 7.03. The molecule has 0 amide bonds. The van der Waals surface area contributed by atoms with Crippen molar-refractivity contribution >= 4 is 28.8 Å². The van der Waals surface area contributed by atoms with Crippen LogP contribution < -0.4 is 0 Å². The van der Waals surface area contributed by atoms with Gasteiger partial charge in [0.15, 0.2) is 16.6 Å². The number of fused-ring (bicyclic) bond motifs is 1. The van der Waals surface area contributed by atoms with Gasteiger partial charge in [-0.05, 0) is 11.5 Å². The smallest absolute Gasteiger partial charge is 0.198 e. The molecule has 6 nitrogen and oxygen atoms in total. The molecule has 0 fully saturated rings. The van der Waals surface area contributed by atoms with Crippen LogP contribution in [0, 0.1) is 0 Å². The molecule has 0 bridgehead atoms. The molecule has 0 saturated heterocycles. The summed E-state index contributed by atoms with van der Waals surface area (Å²) >= 11 is 7.12. The summed E-state index contributed by atoms with van der Waals surface area (Å²) in [5.74, 6) is 0.614. The average Bonchev–Trinajstić information content (AvgIpc) is 2.85. The highest BCUT2D eigenvalue weighted by atomic mass is 35.5. The highest BCUT2D eigenvalue weighted by Crippen LogP contribution is 2.19. The number of rotatable bonds is 1. The van der Waals surface area contributed by atoms with Crippen LogP contribution in [0.25, 0.3) is 17.2 Å². The Bertz CT molecular complexity index is 603. The van der Waals surface area contributed by atoms with Gasteiger partial charge in [0.2, 0.25) is 0 Å². The standard InChI is InChI=1S/C7H3ClN6S/c8-5-7-12-11-6(4-3-15-13-10-4)14(7)2-1-9-5/h1-3H. The summed E-state index contributed by atoms with van der Waals surface area (Å²) < 4.78 is 5.50. The van der Waals surface area contributed by atoms with Crippen molar-refractivity contribution in [3.8, 4) is 11.5 Å². The molecule has 0 saturated carbocycles. The number of hydrogen-bond acceptors (Lipinski definition) is 6. The lowest BCUT2D eigenvalue weighted by atomic mass is 10.4. The summed E-state index contributed by atoms with van der Waals surface area (Å²) in [6.45, 7) is 0. The molecule has 3 rings (SSSR count). The predicted octanol–water partition coefficient (Wildman–Crippen LogP) is 1.30. The van der Waals surface area contributed by atoms with E-state index in [4.69, 9.17) is 11.6 Å². The van der Waals surface area contributed by atoms with Crippen molar-refractivity contribution in [3.05, 3.63) is 22.9 Å². The Balaban J connectivity index is 2.34. The highest BCUT2D eigenvalue weighted by Gasteiger charge is 2.12. The Labute approximate surface area is 92.7 Å². The zero-order valence-electron chi connectivity index (χ0n) is 7.20. The van der Waals surface area contributed by atoms with Crippen molar-refractivity contribution in [3.63, 3.8) is 0 Å². The number of aromatic nitrogens is 6. The van der Waals surface area contributed by atoms with Gasteiger partial charge in [-0.2, -0.15) is 0 Å². The Morgan fingerprint density at radius 3 is 3.00 bits per heavy atom. The predicted molar refractivity (Wildman–Crippen MR) is 54.7 cm³/mol. The first kappa shape index (κ1) is 8.69. The third kappa shape index (κ3) is 1.28. The molecule has 0 aliphatic rings. The normalized spacial score (nSPS) is 11.0. The second-order valence-electron chi connectivity index (χ2n) is 2.73. The quantitative estimate of drug-likeness (QED) is 0.639. The van der Waals surface area contributed by atoms with Gasteiger partial charge in [0.25, 0.3) is 0 Å². The van der Waals surface area contributed by atoms with E-state index < -0.39 is 0 Å². The molecule has 0 aliphatic carbocycles. The summed E-state index contributed by atoms with van der Waals surface area (Å²) in [5.41, 5.74) is 1.19. The van der Waals surface area contributed by atoms with Crippen molar-refractivity contribution in [1.82, 2.24) is 29.2 Å². The van der Waals surface area contributed by atoms with Crippen LogP contribution in [0.5, 0.6) is 0 Å². The number of nitrogens with zero attached hydrogens (tertiary/aromatic N) is 6. The Kier molecular flexibility index (Phi) is 1.86. The molecule has 74 valence electrons. The fourth-order valence-corrected chi connectivity index (χ4v) is 1.85. The summed E-state index contributed by atoms with van der Waals surface area (Å²) in [6.07, 6.45) is 3.32. The summed E-state index contributed by atoms with van der Waals surface area (Å²) in [7, 11) is 0. The van der Waals surface area contributed by atoms with Crippen LogP contribution in [0.1, 0.15) is 0 Å². The minimum absolute atomic E-state index is 0.319. The SMILES string of the molecule is Clc1nccn2c(-c3csnn3)nnc12. The van der Waals surface area contributed by atoms with E-state index in [2.05, 4.69) is 24.8 Å². The zero-order chi connectivity index (χ0) is 10.3. The first-order valence-electron chi connectivity index (χ1n) is 3.99. The monoisotopic (exact) mass is 238 g/mol. The second-order valence-corrected chi connectivity index (χ2v) is 3.69. The van der Waals surface area contributed by atoms with E-state index in [-0.39, 0.29) is 0 Å². The Morgan fingerprint density at radius 2 is 2.20 bits per heavy atom. The Hall–Kier alpha value is -1.60. The van der Waals surface area contributed by atoms with Gasteiger partial charge in [-0.1, -0.05) is 16.1 Å². The van der Waals surface area contributed by atoms with Crippen LogP contribution in [0.2, 0.25) is 5.15 Å². The molecule has 0 aliphatic heterocycles. The molecular formula is C7H3ClN6S. The van der Waals surface area contributed by atoms with E-state index in [0.717, 1.165) is 0 Å². The maximum Gasteiger partial charge on any atom is 0.198 e. The maximum absolute atomic E-state index is 5.86. The van der Waals surface area contributed by atoms with Crippen LogP contribution in [0.4, 0.5) is 0 Å². The third-order valence-corrected chi connectivity index (χ3v) is 2.64. The summed E-state index contributed by atoms with van der Waals surface area (Å²) in [5, 5.41) is 14.0. The molecule has 15 heavy (non-hydrogen) atoms. The minimum Gasteiger partial charge on any atom is -0.277 e. The zero-order valence-corrected chi connectivity index (χ0v) is 8.77. The lowest BCUT2D eigenvalue weighted by Gasteiger charge is -1.95. The molecule has 0 radical (unpaired) electrons. The van der Waals surface area contributed by atoms with Crippen molar-refractivity contribution < 1.29 is 0 Å². The number of halogens is 1. The molecular weight excluding hydrogens is 236 g/mol. The van der Waals surface area contributed by atoms with Gasteiger partial charge >= 0.3 is 0 Å². The molecule has 3 heterocycles. The van der Waals surface area contributed by atoms with E-state index in [9.17, 15) is 0 Å². The largest absolute Gasteiger partial charge is 0.277 e. The molecule has 0 aromatic carbocycles. The summed E-state index contributed by atoms with van der Waals surface area (Å²) in [4.78, 5) is 3.91. The van der Waals surface area contributed by atoms with Gasteiger partial charge in [-0.25, -0.2) is 4.98 Å². The van der Waals surface area contributed by atoms with E-state index >= 15 is 0 Å². The lowest BCUT2D eigenvalue weighted by Crippen LogP contribution is -1.91. The van der Waals surface area contributed by atoms with Crippen molar-refractivity contribution in [2.45, 2.75) is 0 Å². The van der Waals surface area contributed by atoms with Crippen molar-refractivity contribution in [1.29, 1.82) is 0 Å². The number of hydrogen-bond donors (Lipinski definition) is 0. The summed E-state index contributed by atoms with van der Waals surface area (Å²) in [6, 6.07) is 0. The third-order valence-electron chi connectivity index (χ3n) is 1.87. The molecule has 3 aromatic heterocycles. The van der Waals surface area contributed by atoms with E-state index in [1.807, 2.05) is 0 Å². The molecule has 8 heteroatoms. The van der Waals surface area contributed by atoms with Gasteiger partial charge < -0.3 is 0 Å². The lowest BCUT2D eigenvalue weighted by molar-refractivity contribution is 1.06. The van der Waals surface area contributed by atoms with E-state index in [0.29, 0.717) is 22.3 Å².